The second kappa shape index (κ2) is 9.34. The van der Waals surface area contributed by atoms with Crippen molar-refractivity contribution in [2.24, 2.45) is 5.73 Å². The highest BCUT2D eigenvalue weighted by Gasteiger charge is 2.06. The predicted molar refractivity (Wildman–Crippen MR) is 109 cm³/mol. The molecule has 0 fully saturated rings. The Bertz CT molecular complexity index is 879. The molecule has 3 rings (SSSR count). The number of halogens is 1. The molecular formula is C21H23ClN2O2. The van der Waals surface area contributed by atoms with E-state index in [1.807, 2.05) is 24.3 Å². The summed E-state index contributed by atoms with van der Waals surface area (Å²) in [6, 6.07) is 20.4. The molecule has 3 aromatic rings. The molecule has 1 amide bonds. The van der Waals surface area contributed by atoms with Gasteiger partial charge in [0, 0.05) is 25.8 Å². The fourth-order valence-corrected chi connectivity index (χ4v) is 2.81. The van der Waals surface area contributed by atoms with Crippen LogP contribution in [0.3, 0.4) is 0 Å². The molecule has 0 spiro atoms. The van der Waals surface area contributed by atoms with E-state index in [0.29, 0.717) is 25.3 Å². The summed E-state index contributed by atoms with van der Waals surface area (Å²) < 4.78 is 5.15. The van der Waals surface area contributed by atoms with Gasteiger partial charge in [-0.05, 0) is 45.7 Å². The number of amides is 1. The van der Waals surface area contributed by atoms with Crippen molar-refractivity contribution in [2.45, 2.75) is 6.61 Å². The molecule has 136 valence electrons. The molecule has 0 heterocycles. The molecule has 0 bridgehead atoms. The number of methoxy groups -OCH3 is 1. The third-order valence-electron chi connectivity index (χ3n) is 4.13. The highest BCUT2D eigenvalue weighted by molar-refractivity contribution is 5.99. The van der Waals surface area contributed by atoms with Crippen molar-refractivity contribution in [1.82, 2.24) is 5.32 Å². The predicted octanol–water partition coefficient (Wildman–Crippen LogP) is 3.76. The molecule has 0 aliphatic rings. The monoisotopic (exact) mass is 370 g/mol. The number of fused-ring (bicyclic) bond motifs is 1. The van der Waals surface area contributed by atoms with Gasteiger partial charge in [-0.2, -0.15) is 0 Å². The van der Waals surface area contributed by atoms with Gasteiger partial charge in [-0.1, -0.05) is 42.5 Å². The highest BCUT2D eigenvalue weighted by atomic mass is 35.5. The van der Waals surface area contributed by atoms with Gasteiger partial charge in [0.15, 0.2) is 0 Å². The van der Waals surface area contributed by atoms with Crippen molar-refractivity contribution in [2.75, 3.05) is 20.2 Å². The van der Waals surface area contributed by atoms with Crippen LogP contribution in [0.15, 0.2) is 60.7 Å². The Hall–Kier alpha value is -2.40. The van der Waals surface area contributed by atoms with E-state index < -0.39 is 0 Å². The topological polar surface area (TPSA) is 64.3 Å². The van der Waals surface area contributed by atoms with Gasteiger partial charge in [0.05, 0.1) is 6.61 Å². The zero-order valence-electron chi connectivity index (χ0n) is 14.7. The van der Waals surface area contributed by atoms with E-state index in [1.165, 1.54) is 0 Å². The van der Waals surface area contributed by atoms with Crippen LogP contribution in [0.1, 0.15) is 15.9 Å². The second-order valence-corrected chi connectivity index (χ2v) is 5.95. The number of nitrogens with two attached hydrogens (primary N) is 1. The molecule has 0 atom stereocenters. The van der Waals surface area contributed by atoms with E-state index in [2.05, 4.69) is 41.7 Å². The lowest BCUT2D eigenvalue weighted by molar-refractivity contribution is 0.0955. The largest absolute Gasteiger partial charge is 0.380 e. The number of carbonyl (C=O) groups excluding carboxylic acids is 1. The van der Waals surface area contributed by atoms with E-state index >= 15 is 0 Å². The summed E-state index contributed by atoms with van der Waals surface area (Å²) in [5, 5.41) is 4.94. The van der Waals surface area contributed by atoms with Crippen LogP contribution < -0.4 is 11.1 Å². The molecule has 4 nitrogen and oxygen atoms in total. The van der Waals surface area contributed by atoms with Gasteiger partial charge < -0.3 is 15.8 Å². The Morgan fingerprint density at radius 3 is 2.31 bits per heavy atom. The maximum atomic E-state index is 12.0. The van der Waals surface area contributed by atoms with Crippen molar-refractivity contribution in [1.29, 1.82) is 0 Å². The summed E-state index contributed by atoms with van der Waals surface area (Å²) >= 11 is 0. The van der Waals surface area contributed by atoms with Crippen LogP contribution in [0, 0.1) is 0 Å². The number of carbonyl (C=O) groups is 1. The first-order chi connectivity index (χ1) is 12.2. The van der Waals surface area contributed by atoms with Gasteiger partial charge in [0.25, 0.3) is 5.91 Å². The van der Waals surface area contributed by atoms with E-state index in [0.717, 1.165) is 27.5 Å². The quantitative estimate of drug-likeness (QED) is 0.694. The molecule has 3 aromatic carbocycles. The van der Waals surface area contributed by atoms with Gasteiger partial charge in [-0.15, -0.1) is 12.4 Å². The van der Waals surface area contributed by atoms with E-state index in [1.54, 1.807) is 7.11 Å². The van der Waals surface area contributed by atoms with E-state index in [-0.39, 0.29) is 18.3 Å². The van der Waals surface area contributed by atoms with Crippen molar-refractivity contribution in [3.8, 4) is 11.1 Å². The molecule has 3 N–H and O–H groups in total. The minimum absolute atomic E-state index is 0. The van der Waals surface area contributed by atoms with Crippen LogP contribution >= 0.6 is 12.4 Å². The van der Waals surface area contributed by atoms with Crippen LogP contribution in [-0.2, 0) is 11.3 Å². The van der Waals surface area contributed by atoms with Crippen LogP contribution in [0.25, 0.3) is 21.9 Å². The average molecular weight is 371 g/mol. The SMILES string of the molecule is COCc1ccc(-c2ccc3cc(C(=O)NCCN)ccc3c2)cc1.Cl. The lowest BCUT2D eigenvalue weighted by Crippen LogP contribution is -2.28. The third-order valence-corrected chi connectivity index (χ3v) is 4.13. The maximum absolute atomic E-state index is 12.0. The fourth-order valence-electron chi connectivity index (χ4n) is 2.81. The smallest absolute Gasteiger partial charge is 0.251 e. The van der Waals surface area contributed by atoms with Crippen LogP contribution in [0.2, 0.25) is 0 Å². The zero-order chi connectivity index (χ0) is 17.6. The van der Waals surface area contributed by atoms with Gasteiger partial charge in [-0.25, -0.2) is 0 Å². The number of ether oxygens (including phenoxy) is 1. The lowest BCUT2D eigenvalue weighted by atomic mass is 9.99. The molecule has 0 aromatic heterocycles. The average Bonchev–Trinajstić information content (AvgIpc) is 2.66. The first kappa shape index (κ1) is 19.9. The molecular weight excluding hydrogens is 348 g/mol. The van der Waals surface area contributed by atoms with Crippen molar-refractivity contribution in [3.05, 3.63) is 71.8 Å². The standard InChI is InChI=1S/C21H22N2O2.ClH/c1-25-14-15-2-4-16(5-3-15)17-6-7-19-13-20(9-8-18(19)12-17)21(24)23-11-10-22;/h2-9,12-13H,10-11,14,22H2,1H3,(H,23,24);1H. The number of rotatable bonds is 6. The van der Waals surface area contributed by atoms with E-state index in [9.17, 15) is 4.79 Å². The number of hydrogen-bond acceptors (Lipinski definition) is 3. The third kappa shape index (κ3) is 4.61. The zero-order valence-corrected chi connectivity index (χ0v) is 15.5. The molecule has 5 heteroatoms. The van der Waals surface area contributed by atoms with E-state index in [4.69, 9.17) is 10.5 Å². The van der Waals surface area contributed by atoms with Crippen molar-refractivity contribution < 1.29 is 9.53 Å². The first-order valence-electron chi connectivity index (χ1n) is 8.31. The molecule has 0 aliphatic heterocycles. The Balaban J connectivity index is 0.00000243. The second-order valence-electron chi connectivity index (χ2n) is 5.95. The minimum Gasteiger partial charge on any atom is -0.380 e. The number of benzene rings is 3. The van der Waals surface area contributed by atoms with Crippen molar-refractivity contribution in [3.63, 3.8) is 0 Å². The van der Waals surface area contributed by atoms with Crippen LogP contribution in [0.5, 0.6) is 0 Å². The van der Waals surface area contributed by atoms with Gasteiger partial charge in [0.2, 0.25) is 0 Å². The summed E-state index contributed by atoms with van der Waals surface area (Å²) in [5.74, 6) is -0.0924. The lowest BCUT2D eigenvalue weighted by Gasteiger charge is -2.08. The molecule has 26 heavy (non-hydrogen) atoms. The fraction of sp³-hybridized carbons (Fsp3) is 0.190. The Kier molecular flexibility index (Phi) is 7.16. The Morgan fingerprint density at radius 2 is 1.62 bits per heavy atom. The number of nitrogens with one attached hydrogen (secondary N) is 1. The summed E-state index contributed by atoms with van der Waals surface area (Å²) in [7, 11) is 1.70. The maximum Gasteiger partial charge on any atom is 0.251 e. The normalized spacial score (nSPS) is 10.4. The molecule has 0 saturated carbocycles. The van der Waals surface area contributed by atoms with Crippen LogP contribution in [-0.4, -0.2) is 26.1 Å². The number of hydrogen-bond donors (Lipinski definition) is 2. The Labute approximate surface area is 159 Å². The summed E-state index contributed by atoms with van der Waals surface area (Å²) in [4.78, 5) is 12.0. The highest BCUT2D eigenvalue weighted by Crippen LogP contribution is 2.25. The van der Waals surface area contributed by atoms with Gasteiger partial charge in [0.1, 0.15) is 0 Å². The van der Waals surface area contributed by atoms with Crippen molar-refractivity contribution >= 4 is 29.1 Å². The minimum atomic E-state index is -0.0924. The summed E-state index contributed by atoms with van der Waals surface area (Å²) in [5.41, 5.74) is 9.53. The first-order valence-corrected chi connectivity index (χ1v) is 8.31. The molecule has 0 unspecified atom stereocenters. The summed E-state index contributed by atoms with van der Waals surface area (Å²) in [6.07, 6.45) is 0. The molecule has 0 radical (unpaired) electrons. The molecule has 0 aliphatic carbocycles. The van der Waals surface area contributed by atoms with Gasteiger partial charge >= 0.3 is 0 Å². The van der Waals surface area contributed by atoms with Gasteiger partial charge in [-0.3, -0.25) is 4.79 Å². The van der Waals surface area contributed by atoms with Crippen LogP contribution in [0.4, 0.5) is 0 Å². The Morgan fingerprint density at radius 1 is 0.962 bits per heavy atom. The summed E-state index contributed by atoms with van der Waals surface area (Å²) in [6.45, 7) is 1.54. The molecule has 0 saturated heterocycles.